The molecule has 1 aliphatic rings. The number of nitrogens with zero attached hydrogens (tertiary/aromatic N) is 1. The highest BCUT2D eigenvalue weighted by atomic mass is 16.5. The first-order valence-electron chi connectivity index (χ1n) is 8.39. The van der Waals surface area contributed by atoms with E-state index < -0.39 is 6.10 Å². The summed E-state index contributed by atoms with van der Waals surface area (Å²) in [5.74, 6) is 0.867. The van der Waals surface area contributed by atoms with Crippen LogP contribution >= 0.6 is 0 Å². The minimum absolute atomic E-state index is 0.332. The second kappa shape index (κ2) is 7.20. The van der Waals surface area contributed by atoms with E-state index in [1.165, 1.54) is 17.7 Å². The van der Waals surface area contributed by atoms with Crippen molar-refractivity contribution in [2.75, 3.05) is 19.7 Å². The fourth-order valence-corrected chi connectivity index (χ4v) is 3.32. The summed E-state index contributed by atoms with van der Waals surface area (Å²) in [6.07, 6.45) is 3.80. The van der Waals surface area contributed by atoms with E-state index in [0.717, 1.165) is 24.3 Å². The molecule has 1 aromatic heterocycles. The zero-order valence-corrected chi connectivity index (χ0v) is 14.0. The number of hydrogen-bond acceptors (Lipinski definition) is 3. The van der Waals surface area contributed by atoms with Gasteiger partial charge in [0.2, 0.25) is 0 Å². The van der Waals surface area contributed by atoms with E-state index >= 15 is 0 Å². The summed E-state index contributed by atoms with van der Waals surface area (Å²) in [4.78, 5) is 5.65. The maximum absolute atomic E-state index is 10.4. The lowest BCUT2D eigenvalue weighted by Gasteiger charge is -2.26. The number of aliphatic hydroxyl groups excluding tert-OH is 1. The number of aliphatic hydroxyl groups is 1. The molecule has 3 rings (SSSR count). The predicted octanol–water partition coefficient (Wildman–Crippen LogP) is 3.21. The second-order valence-electron chi connectivity index (χ2n) is 6.51. The van der Waals surface area contributed by atoms with Crippen LogP contribution in [0.5, 0.6) is 5.75 Å². The lowest BCUT2D eigenvalue weighted by molar-refractivity contribution is 0.0631. The molecule has 2 heterocycles. The summed E-state index contributed by atoms with van der Waals surface area (Å²) in [5.41, 5.74) is 3.52. The molecule has 0 saturated carbocycles. The number of nitrogens with one attached hydrogen (secondary N) is 1. The number of rotatable bonds is 6. The van der Waals surface area contributed by atoms with Gasteiger partial charge in [-0.15, -0.1) is 0 Å². The van der Waals surface area contributed by atoms with E-state index in [4.69, 9.17) is 4.74 Å². The predicted molar refractivity (Wildman–Crippen MR) is 91.8 cm³/mol. The molecule has 1 aromatic carbocycles. The highest BCUT2D eigenvalue weighted by molar-refractivity contribution is 5.35. The third-order valence-corrected chi connectivity index (χ3v) is 4.56. The summed E-state index contributed by atoms with van der Waals surface area (Å²) in [5, 5.41) is 10.4. The average molecular weight is 314 g/mol. The van der Waals surface area contributed by atoms with Crippen LogP contribution in [-0.4, -0.2) is 40.8 Å². The van der Waals surface area contributed by atoms with Gasteiger partial charge in [-0.05, 0) is 62.6 Å². The Hall–Kier alpha value is -1.78. The first-order chi connectivity index (χ1) is 11.1. The third-order valence-electron chi connectivity index (χ3n) is 4.56. The standard InChI is InChI=1S/C19H26N2O2/c1-14-7-8-15(2)19(11-14)23-13-16(22)12-21-10-4-6-18(21)17-5-3-9-20-17/h3,5,7-9,11,16,18,20,22H,4,6,10,12-13H2,1-2H3. The Morgan fingerprint density at radius 1 is 1.35 bits per heavy atom. The van der Waals surface area contributed by atoms with Gasteiger partial charge in [-0.3, -0.25) is 4.90 Å². The van der Waals surface area contributed by atoms with Crippen LogP contribution in [0, 0.1) is 13.8 Å². The van der Waals surface area contributed by atoms with Gasteiger partial charge in [0.1, 0.15) is 18.5 Å². The normalized spacial score (nSPS) is 19.9. The van der Waals surface area contributed by atoms with E-state index in [9.17, 15) is 5.11 Å². The summed E-state index contributed by atoms with van der Waals surface area (Å²) in [6.45, 7) is 6.09. The van der Waals surface area contributed by atoms with Crippen LogP contribution in [0.25, 0.3) is 0 Å². The van der Waals surface area contributed by atoms with Crippen molar-refractivity contribution < 1.29 is 9.84 Å². The second-order valence-corrected chi connectivity index (χ2v) is 6.51. The molecule has 2 atom stereocenters. The molecule has 0 aliphatic carbocycles. The SMILES string of the molecule is Cc1ccc(C)c(OCC(O)CN2CCCC2c2ccc[nH]2)c1. The van der Waals surface area contributed by atoms with Crippen molar-refractivity contribution in [1.82, 2.24) is 9.88 Å². The van der Waals surface area contributed by atoms with Crippen LogP contribution in [0.1, 0.15) is 35.7 Å². The zero-order valence-electron chi connectivity index (χ0n) is 14.0. The number of aromatic amines is 1. The van der Waals surface area contributed by atoms with E-state index in [1.54, 1.807) is 0 Å². The highest BCUT2D eigenvalue weighted by Gasteiger charge is 2.28. The van der Waals surface area contributed by atoms with Crippen LogP contribution in [0.4, 0.5) is 0 Å². The molecule has 1 fully saturated rings. The average Bonchev–Trinajstić information content (AvgIpc) is 3.19. The van der Waals surface area contributed by atoms with E-state index in [0.29, 0.717) is 19.2 Å². The summed E-state index contributed by atoms with van der Waals surface area (Å²) in [6, 6.07) is 10.7. The molecule has 2 N–H and O–H groups in total. The summed E-state index contributed by atoms with van der Waals surface area (Å²) >= 11 is 0. The monoisotopic (exact) mass is 314 g/mol. The Bertz CT molecular complexity index is 624. The van der Waals surface area contributed by atoms with Gasteiger partial charge in [-0.25, -0.2) is 0 Å². The van der Waals surface area contributed by atoms with E-state index in [2.05, 4.69) is 28.1 Å². The minimum Gasteiger partial charge on any atom is -0.491 e. The first kappa shape index (κ1) is 16.1. The summed E-state index contributed by atoms with van der Waals surface area (Å²) in [7, 11) is 0. The van der Waals surface area contributed by atoms with Crippen LogP contribution in [0.15, 0.2) is 36.5 Å². The van der Waals surface area contributed by atoms with Gasteiger partial charge in [0.05, 0.1) is 0 Å². The Balaban J connectivity index is 1.54. The van der Waals surface area contributed by atoms with Crippen molar-refractivity contribution in [3.05, 3.63) is 53.3 Å². The van der Waals surface area contributed by atoms with Gasteiger partial charge < -0.3 is 14.8 Å². The Morgan fingerprint density at radius 3 is 3.00 bits per heavy atom. The molecule has 1 saturated heterocycles. The van der Waals surface area contributed by atoms with Crippen LogP contribution in [0.3, 0.4) is 0 Å². The molecule has 1 aliphatic heterocycles. The largest absolute Gasteiger partial charge is 0.491 e. The summed E-state index contributed by atoms with van der Waals surface area (Å²) < 4.78 is 5.83. The topological polar surface area (TPSA) is 48.5 Å². The Kier molecular flexibility index (Phi) is 5.03. The molecular weight excluding hydrogens is 288 g/mol. The molecule has 2 aromatic rings. The van der Waals surface area contributed by atoms with E-state index in [-0.39, 0.29) is 0 Å². The molecule has 4 nitrogen and oxygen atoms in total. The smallest absolute Gasteiger partial charge is 0.122 e. The van der Waals surface area contributed by atoms with Crippen molar-refractivity contribution in [2.45, 2.75) is 38.8 Å². The maximum Gasteiger partial charge on any atom is 0.122 e. The molecule has 23 heavy (non-hydrogen) atoms. The van der Waals surface area contributed by atoms with Gasteiger partial charge >= 0.3 is 0 Å². The quantitative estimate of drug-likeness (QED) is 0.861. The number of benzene rings is 1. The zero-order chi connectivity index (χ0) is 16.2. The minimum atomic E-state index is -0.481. The van der Waals surface area contributed by atoms with Crippen molar-refractivity contribution in [2.24, 2.45) is 0 Å². The van der Waals surface area contributed by atoms with Crippen LogP contribution < -0.4 is 4.74 Å². The molecule has 0 amide bonds. The van der Waals surface area contributed by atoms with Crippen LogP contribution in [-0.2, 0) is 0 Å². The van der Waals surface area contributed by atoms with Crippen molar-refractivity contribution >= 4 is 0 Å². The van der Waals surface area contributed by atoms with Gasteiger partial charge in [-0.1, -0.05) is 12.1 Å². The molecule has 0 spiro atoms. The number of aryl methyl sites for hydroxylation is 2. The number of β-amino-alcohol motifs (C(OH)–C–C–N with tert-alkyl or cyclic N) is 1. The van der Waals surface area contributed by atoms with Gasteiger partial charge in [0, 0.05) is 24.5 Å². The number of aromatic nitrogens is 1. The number of hydrogen-bond donors (Lipinski definition) is 2. The fourth-order valence-electron chi connectivity index (χ4n) is 3.32. The molecule has 124 valence electrons. The number of likely N-dealkylation sites (tertiary alicyclic amines) is 1. The first-order valence-corrected chi connectivity index (χ1v) is 8.39. The van der Waals surface area contributed by atoms with E-state index in [1.807, 2.05) is 32.2 Å². The third kappa shape index (κ3) is 3.95. The molecule has 0 bridgehead atoms. The molecule has 4 heteroatoms. The maximum atomic E-state index is 10.4. The molecule has 0 radical (unpaired) electrons. The van der Waals surface area contributed by atoms with Gasteiger partial charge in [0.15, 0.2) is 0 Å². The van der Waals surface area contributed by atoms with Crippen LogP contribution in [0.2, 0.25) is 0 Å². The highest BCUT2D eigenvalue weighted by Crippen LogP contribution is 2.30. The number of H-pyrrole nitrogens is 1. The lowest BCUT2D eigenvalue weighted by Crippen LogP contribution is -2.35. The van der Waals surface area contributed by atoms with Crippen molar-refractivity contribution in [3.63, 3.8) is 0 Å². The molecular formula is C19H26N2O2. The van der Waals surface area contributed by atoms with Crippen molar-refractivity contribution in [1.29, 1.82) is 0 Å². The fraction of sp³-hybridized carbons (Fsp3) is 0.474. The number of ether oxygens (including phenoxy) is 1. The Morgan fingerprint density at radius 2 is 2.22 bits per heavy atom. The van der Waals surface area contributed by atoms with Crippen molar-refractivity contribution in [3.8, 4) is 5.75 Å². The van der Waals surface area contributed by atoms with Gasteiger partial charge in [0.25, 0.3) is 0 Å². The lowest BCUT2D eigenvalue weighted by atomic mass is 10.1. The Labute approximate surface area is 138 Å². The molecule has 2 unspecified atom stereocenters. The van der Waals surface area contributed by atoms with Gasteiger partial charge in [-0.2, -0.15) is 0 Å².